The zero-order valence-corrected chi connectivity index (χ0v) is 9.33. The van der Waals surface area contributed by atoms with Crippen molar-refractivity contribution in [3.8, 4) is 0 Å². The lowest BCUT2D eigenvalue weighted by Gasteiger charge is -2.05. The molecule has 0 radical (unpaired) electrons. The van der Waals surface area contributed by atoms with E-state index < -0.39 is 5.97 Å². The summed E-state index contributed by atoms with van der Waals surface area (Å²) in [5.41, 5.74) is 0.952. The fourth-order valence-corrected chi connectivity index (χ4v) is 1.54. The maximum Gasteiger partial charge on any atom is 0.230 e. The van der Waals surface area contributed by atoms with Crippen LogP contribution in [-0.4, -0.2) is 28.4 Å². The second kappa shape index (κ2) is 6.84. The first-order chi connectivity index (χ1) is 7.68. The molecule has 0 aliphatic carbocycles. The average Bonchev–Trinajstić information content (AvgIpc) is 2.27. The molecule has 0 aliphatic heterocycles. The van der Waals surface area contributed by atoms with Crippen LogP contribution in [0.15, 0.2) is 24.5 Å². The normalized spacial score (nSPS) is 9.75. The Labute approximate surface area is 97.3 Å². The summed E-state index contributed by atoms with van der Waals surface area (Å²) in [6, 6.07) is 3.60. The van der Waals surface area contributed by atoms with Crippen molar-refractivity contribution in [2.45, 2.75) is 6.54 Å². The maximum absolute atomic E-state index is 11.2. The number of thioether (sulfide) groups is 1. The van der Waals surface area contributed by atoms with Crippen LogP contribution >= 0.6 is 11.8 Å². The maximum atomic E-state index is 11.2. The number of hydrogen-bond acceptors (Lipinski definition) is 5. The van der Waals surface area contributed by atoms with Gasteiger partial charge in [-0.3, -0.25) is 9.78 Å². The van der Waals surface area contributed by atoms with Gasteiger partial charge in [-0.25, -0.2) is 0 Å². The van der Waals surface area contributed by atoms with Gasteiger partial charge in [-0.2, -0.15) is 0 Å². The van der Waals surface area contributed by atoms with Crippen LogP contribution in [0.25, 0.3) is 0 Å². The van der Waals surface area contributed by atoms with Gasteiger partial charge in [0.15, 0.2) is 0 Å². The van der Waals surface area contributed by atoms with E-state index in [2.05, 4.69) is 10.3 Å². The third-order valence-corrected chi connectivity index (χ3v) is 2.60. The minimum atomic E-state index is -1.16. The highest BCUT2D eigenvalue weighted by molar-refractivity contribution is 8.00. The van der Waals surface area contributed by atoms with Crippen LogP contribution in [-0.2, 0) is 16.1 Å². The minimum absolute atomic E-state index is 0.124. The van der Waals surface area contributed by atoms with Crippen molar-refractivity contribution in [1.29, 1.82) is 0 Å². The summed E-state index contributed by atoms with van der Waals surface area (Å²) < 4.78 is 0. The van der Waals surface area contributed by atoms with Gasteiger partial charge in [0.05, 0.1) is 11.7 Å². The number of pyridine rings is 1. The van der Waals surface area contributed by atoms with Gasteiger partial charge in [0.2, 0.25) is 5.91 Å². The Hall–Kier alpha value is -1.56. The summed E-state index contributed by atoms with van der Waals surface area (Å²) >= 11 is 1.02. The predicted molar refractivity (Wildman–Crippen MR) is 58.4 cm³/mol. The summed E-state index contributed by atoms with van der Waals surface area (Å²) in [5, 5.41) is 12.8. The second-order valence-corrected chi connectivity index (χ2v) is 3.98. The molecule has 0 atom stereocenters. The third-order valence-electron chi connectivity index (χ3n) is 1.69. The fourth-order valence-electron chi connectivity index (χ4n) is 0.979. The Balaban J connectivity index is 2.18. The van der Waals surface area contributed by atoms with Crippen molar-refractivity contribution in [2.24, 2.45) is 0 Å². The molecule has 0 aliphatic rings. The highest BCUT2D eigenvalue weighted by atomic mass is 32.2. The van der Waals surface area contributed by atoms with Gasteiger partial charge in [-0.1, -0.05) is 0 Å². The average molecular weight is 239 g/mol. The van der Waals surface area contributed by atoms with E-state index in [1.54, 1.807) is 24.5 Å². The monoisotopic (exact) mass is 239 g/mol. The van der Waals surface area contributed by atoms with Crippen molar-refractivity contribution in [1.82, 2.24) is 10.3 Å². The molecule has 1 rings (SSSR count). The summed E-state index contributed by atoms with van der Waals surface area (Å²) in [6.45, 7) is 0.424. The van der Waals surface area contributed by atoms with Gasteiger partial charge in [0.1, 0.15) is 0 Å². The Morgan fingerprint density at radius 3 is 2.62 bits per heavy atom. The number of rotatable bonds is 6. The topological polar surface area (TPSA) is 82.1 Å². The number of carbonyl (C=O) groups is 2. The highest BCUT2D eigenvalue weighted by Crippen LogP contribution is 1.99. The standard InChI is InChI=1S/C10H12N2O3S/c13-9(6-16-7-10(14)15)12-5-8-1-3-11-4-2-8/h1-4H,5-7H2,(H,12,13)(H,14,15)/p-1. The molecule has 0 saturated heterocycles. The van der Waals surface area contributed by atoms with Crippen molar-refractivity contribution >= 4 is 23.6 Å². The fraction of sp³-hybridized carbons (Fsp3) is 0.300. The van der Waals surface area contributed by atoms with Crippen LogP contribution in [0.3, 0.4) is 0 Å². The third kappa shape index (κ3) is 5.35. The SMILES string of the molecule is O=C([O-])CSCC(=O)NCc1ccncc1. The Kier molecular flexibility index (Phi) is 5.35. The number of carboxylic acid groups (broad SMARTS) is 1. The number of nitrogens with zero attached hydrogens (tertiary/aromatic N) is 1. The van der Waals surface area contributed by atoms with Crippen LogP contribution in [0.5, 0.6) is 0 Å². The molecule has 1 aromatic heterocycles. The predicted octanol–water partition coefficient (Wildman–Crippen LogP) is -0.819. The molecule has 1 N–H and O–H groups in total. The molecule has 0 spiro atoms. The number of carboxylic acids is 1. The Bertz CT molecular complexity index is 356. The quantitative estimate of drug-likeness (QED) is 0.701. The molecule has 0 unspecified atom stereocenters. The van der Waals surface area contributed by atoms with E-state index in [4.69, 9.17) is 0 Å². The smallest absolute Gasteiger partial charge is 0.230 e. The van der Waals surface area contributed by atoms with Crippen LogP contribution in [0.4, 0.5) is 0 Å². The van der Waals surface area contributed by atoms with E-state index in [9.17, 15) is 14.7 Å². The second-order valence-electron chi connectivity index (χ2n) is 3.00. The number of carbonyl (C=O) groups excluding carboxylic acids is 2. The molecular weight excluding hydrogens is 228 g/mol. The largest absolute Gasteiger partial charge is 0.549 e. The summed E-state index contributed by atoms with van der Waals surface area (Å²) in [7, 11) is 0. The molecule has 1 aromatic rings. The zero-order chi connectivity index (χ0) is 11.8. The Morgan fingerprint density at radius 2 is 2.00 bits per heavy atom. The molecule has 1 heterocycles. The number of amides is 1. The van der Waals surface area contributed by atoms with Crippen molar-refractivity contribution in [3.63, 3.8) is 0 Å². The summed E-state index contributed by atoms with van der Waals surface area (Å²) in [4.78, 5) is 25.2. The number of aromatic nitrogens is 1. The highest BCUT2D eigenvalue weighted by Gasteiger charge is 2.01. The molecule has 0 saturated carbocycles. The molecule has 5 nitrogen and oxygen atoms in total. The lowest BCUT2D eigenvalue weighted by molar-refractivity contribution is -0.301. The minimum Gasteiger partial charge on any atom is -0.549 e. The van der Waals surface area contributed by atoms with Gasteiger partial charge in [-0.15, -0.1) is 11.8 Å². The van der Waals surface area contributed by atoms with Crippen molar-refractivity contribution < 1.29 is 14.7 Å². The molecule has 0 fully saturated rings. The molecule has 0 aromatic carbocycles. The number of aliphatic carboxylic acids is 1. The first kappa shape index (κ1) is 12.5. The van der Waals surface area contributed by atoms with E-state index in [0.717, 1.165) is 17.3 Å². The van der Waals surface area contributed by atoms with Crippen LogP contribution in [0.1, 0.15) is 5.56 Å². The molecule has 86 valence electrons. The lowest BCUT2D eigenvalue weighted by Crippen LogP contribution is -2.28. The van der Waals surface area contributed by atoms with Gasteiger partial charge < -0.3 is 15.2 Å². The van der Waals surface area contributed by atoms with Crippen LogP contribution in [0.2, 0.25) is 0 Å². The van der Waals surface area contributed by atoms with Gasteiger partial charge >= 0.3 is 0 Å². The van der Waals surface area contributed by atoms with E-state index >= 15 is 0 Å². The molecule has 0 bridgehead atoms. The van der Waals surface area contributed by atoms with E-state index in [1.807, 2.05) is 0 Å². The van der Waals surface area contributed by atoms with Crippen LogP contribution in [0, 0.1) is 0 Å². The van der Waals surface area contributed by atoms with E-state index in [1.165, 1.54) is 0 Å². The van der Waals surface area contributed by atoms with Gasteiger partial charge in [0, 0.05) is 24.7 Å². The summed E-state index contributed by atoms with van der Waals surface area (Å²) in [5.74, 6) is -1.39. The zero-order valence-electron chi connectivity index (χ0n) is 8.51. The Morgan fingerprint density at radius 1 is 1.31 bits per heavy atom. The molecule has 16 heavy (non-hydrogen) atoms. The lowest BCUT2D eigenvalue weighted by atomic mass is 10.3. The van der Waals surface area contributed by atoms with Crippen LogP contribution < -0.4 is 10.4 Å². The van der Waals surface area contributed by atoms with E-state index in [-0.39, 0.29) is 17.4 Å². The molecular formula is C10H11N2O3S-. The molecule has 6 heteroatoms. The van der Waals surface area contributed by atoms with Crippen molar-refractivity contribution in [3.05, 3.63) is 30.1 Å². The first-order valence-corrected chi connectivity index (χ1v) is 5.77. The van der Waals surface area contributed by atoms with Gasteiger partial charge in [-0.05, 0) is 17.7 Å². The van der Waals surface area contributed by atoms with Gasteiger partial charge in [0.25, 0.3) is 0 Å². The number of hydrogen-bond donors (Lipinski definition) is 1. The first-order valence-electron chi connectivity index (χ1n) is 4.61. The van der Waals surface area contributed by atoms with Crippen molar-refractivity contribution in [2.75, 3.05) is 11.5 Å². The molecule has 1 amide bonds. The number of nitrogens with one attached hydrogen (secondary N) is 1. The van der Waals surface area contributed by atoms with E-state index in [0.29, 0.717) is 6.54 Å². The summed E-state index contributed by atoms with van der Waals surface area (Å²) in [6.07, 6.45) is 3.29.